The number of rotatable bonds is 8. The first-order chi connectivity index (χ1) is 20.4. The largest absolute Gasteiger partial charge is 0.496 e. The molecular formula is C32H23Cl2N3O5. The number of para-hydroxylation sites is 1. The summed E-state index contributed by atoms with van der Waals surface area (Å²) in [5.41, 5.74) is 2.10. The highest BCUT2D eigenvalue weighted by Crippen LogP contribution is 2.35. The molecule has 4 aromatic carbocycles. The molecule has 6 rings (SSSR count). The van der Waals surface area contributed by atoms with E-state index in [1.807, 2.05) is 36.4 Å². The third kappa shape index (κ3) is 5.30. The van der Waals surface area contributed by atoms with Crippen LogP contribution in [0.5, 0.6) is 17.2 Å². The Morgan fingerprint density at radius 1 is 0.881 bits per heavy atom. The van der Waals surface area contributed by atoms with Crippen molar-refractivity contribution in [3.63, 3.8) is 0 Å². The summed E-state index contributed by atoms with van der Waals surface area (Å²) in [6, 6.07) is 24.9. The SMILES string of the molecule is COc1cc(Cl)cc(C=Nn2c(-c3cc4c(OC)cccc4o3)nc3ccccc3c2=O)c1OCc1ccc(Cl)cc1. The summed E-state index contributed by atoms with van der Waals surface area (Å²) in [7, 11) is 3.11. The molecule has 0 bridgehead atoms. The van der Waals surface area contributed by atoms with E-state index in [2.05, 4.69) is 5.10 Å². The van der Waals surface area contributed by atoms with E-state index in [4.69, 9.17) is 46.8 Å². The van der Waals surface area contributed by atoms with E-state index < -0.39 is 0 Å². The van der Waals surface area contributed by atoms with Gasteiger partial charge in [0.1, 0.15) is 17.9 Å². The van der Waals surface area contributed by atoms with Gasteiger partial charge in [0.05, 0.1) is 36.7 Å². The number of nitrogens with zero attached hydrogens (tertiary/aromatic N) is 3. The number of fused-ring (bicyclic) bond motifs is 2. The zero-order valence-electron chi connectivity index (χ0n) is 22.5. The highest BCUT2D eigenvalue weighted by Gasteiger charge is 2.19. The fourth-order valence-electron chi connectivity index (χ4n) is 4.56. The van der Waals surface area contributed by atoms with Crippen LogP contribution in [-0.2, 0) is 6.61 Å². The molecule has 0 fully saturated rings. The standard InChI is InChI=1S/C32H23Cl2N3O5/c1-39-26-8-5-9-27-24(26)16-29(42-27)31-36-25-7-4-3-6-23(25)32(38)37(31)35-17-20-14-22(34)15-28(40-2)30(20)41-18-19-10-12-21(33)13-11-19/h3-17H,18H2,1-2H3. The summed E-state index contributed by atoms with van der Waals surface area (Å²) in [5, 5.41) is 6.74. The summed E-state index contributed by atoms with van der Waals surface area (Å²) in [6.07, 6.45) is 1.48. The molecule has 42 heavy (non-hydrogen) atoms. The maximum Gasteiger partial charge on any atom is 0.282 e. The minimum Gasteiger partial charge on any atom is -0.496 e. The van der Waals surface area contributed by atoms with Crippen molar-refractivity contribution in [2.24, 2.45) is 5.10 Å². The van der Waals surface area contributed by atoms with E-state index in [-0.39, 0.29) is 18.0 Å². The second-order valence-corrected chi connectivity index (χ2v) is 10.1. The number of halogens is 2. The summed E-state index contributed by atoms with van der Waals surface area (Å²) in [4.78, 5) is 18.5. The smallest absolute Gasteiger partial charge is 0.282 e. The number of hydrogen-bond donors (Lipinski definition) is 0. The molecule has 0 unspecified atom stereocenters. The first-order valence-corrected chi connectivity index (χ1v) is 13.6. The van der Waals surface area contributed by atoms with Crippen molar-refractivity contribution in [2.75, 3.05) is 14.2 Å². The minimum absolute atomic E-state index is 0.214. The Morgan fingerprint density at radius 3 is 2.45 bits per heavy atom. The molecule has 0 radical (unpaired) electrons. The van der Waals surface area contributed by atoms with Crippen LogP contribution in [0.3, 0.4) is 0 Å². The van der Waals surface area contributed by atoms with Crippen LogP contribution in [0.2, 0.25) is 10.0 Å². The highest BCUT2D eigenvalue weighted by molar-refractivity contribution is 6.31. The molecule has 2 aromatic heterocycles. The Hall–Kier alpha value is -4.79. The number of benzene rings is 4. The van der Waals surface area contributed by atoms with Gasteiger partial charge in [-0.25, -0.2) is 4.98 Å². The van der Waals surface area contributed by atoms with E-state index in [9.17, 15) is 4.79 Å². The van der Waals surface area contributed by atoms with Crippen molar-refractivity contribution >= 4 is 51.3 Å². The molecular weight excluding hydrogens is 577 g/mol. The maximum atomic E-state index is 13.7. The Labute approximate surface area is 250 Å². The van der Waals surface area contributed by atoms with Crippen molar-refractivity contribution < 1.29 is 18.6 Å². The molecule has 6 aromatic rings. The third-order valence-corrected chi connectivity index (χ3v) is 7.06. The lowest BCUT2D eigenvalue weighted by Gasteiger charge is -2.14. The lowest BCUT2D eigenvalue weighted by atomic mass is 10.2. The van der Waals surface area contributed by atoms with Gasteiger partial charge in [0, 0.05) is 21.7 Å². The summed E-state index contributed by atoms with van der Waals surface area (Å²) in [6.45, 7) is 0.236. The molecule has 0 aliphatic rings. The average molecular weight is 600 g/mol. The van der Waals surface area contributed by atoms with Crippen molar-refractivity contribution in [1.29, 1.82) is 0 Å². The summed E-state index contributed by atoms with van der Waals surface area (Å²) >= 11 is 12.4. The molecule has 0 atom stereocenters. The fraction of sp³-hybridized carbons (Fsp3) is 0.0938. The predicted octanol–water partition coefficient (Wildman–Crippen LogP) is 7.59. The quantitative estimate of drug-likeness (QED) is 0.167. The fourth-order valence-corrected chi connectivity index (χ4v) is 4.90. The molecule has 210 valence electrons. The van der Waals surface area contributed by atoms with E-state index in [1.54, 1.807) is 55.6 Å². The van der Waals surface area contributed by atoms with Crippen LogP contribution in [0, 0.1) is 0 Å². The van der Waals surface area contributed by atoms with E-state index >= 15 is 0 Å². The van der Waals surface area contributed by atoms with E-state index in [0.717, 1.165) is 10.9 Å². The van der Waals surface area contributed by atoms with E-state index in [1.165, 1.54) is 18.0 Å². The Morgan fingerprint density at radius 2 is 1.67 bits per heavy atom. The van der Waals surface area contributed by atoms with Crippen LogP contribution in [0.15, 0.2) is 99.2 Å². The van der Waals surface area contributed by atoms with Crippen LogP contribution in [-0.4, -0.2) is 30.1 Å². The van der Waals surface area contributed by atoms with Crippen molar-refractivity contribution in [1.82, 2.24) is 9.66 Å². The topological polar surface area (TPSA) is 88.1 Å². The zero-order valence-corrected chi connectivity index (χ0v) is 24.0. The number of ether oxygens (including phenoxy) is 3. The van der Waals surface area contributed by atoms with Gasteiger partial charge < -0.3 is 18.6 Å². The van der Waals surface area contributed by atoms with Gasteiger partial charge >= 0.3 is 0 Å². The van der Waals surface area contributed by atoms with Gasteiger partial charge in [-0.15, -0.1) is 0 Å². The normalized spacial score (nSPS) is 11.4. The molecule has 0 saturated carbocycles. The van der Waals surface area contributed by atoms with Crippen LogP contribution in [0.4, 0.5) is 0 Å². The second-order valence-electron chi connectivity index (χ2n) is 9.24. The summed E-state index contributed by atoms with van der Waals surface area (Å²) in [5.74, 6) is 2.00. The van der Waals surface area contributed by atoms with Crippen molar-refractivity contribution in [3.05, 3.63) is 116 Å². The molecule has 10 heteroatoms. The molecule has 2 heterocycles. The summed E-state index contributed by atoms with van der Waals surface area (Å²) < 4.78 is 24.5. The van der Waals surface area contributed by atoms with Gasteiger partial charge in [-0.3, -0.25) is 4.79 Å². The molecule has 0 saturated heterocycles. The molecule has 0 aliphatic heterocycles. The van der Waals surface area contributed by atoms with Gasteiger partial charge in [-0.2, -0.15) is 9.78 Å². The Bertz CT molecular complexity index is 2020. The van der Waals surface area contributed by atoms with Gasteiger partial charge in [-0.1, -0.05) is 53.5 Å². The number of methoxy groups -OCH3 is 2. The minimum atomic E-state index is -0.378. The lowest BCUT2D eigenvalue weighted by molar-refractivity contribution is 0.284. The molecule has 0 spiro atoms. The van der Waals surface area contributed by atoms with Crippen LogP contribution in [0.1, 0.15) is 11.1 Å². The predicted molar refractivity (Wildman–Crippen MR) is 165 cm³/mol. The third-order valence-electron chi connectivity index (χ3n) is 6.59. The zero-order chi connectivity index (χ0) is 29.2. The first-order valence-electron chi connectivity index (χ1n) is 12.8. The van der Waals surface area contributed by atoms with E-state index in [0.29, 0.717) is 55.1 Å². The molecule has 0 amide bonds. The maximum absolute atomic E-state index is 13.7. The highest BCUT2D eigenvalue weighted by atomic mass is 35.5. The Balaban J connectivity index is 1.48. The Kier molecular flexibility index (Phi) is 7.56. The van der Waals surface area contributed by atoms with Crippen molar-refractivity contribution in [2.45, 2.75) is 6.61 Å². The second kappa shape index (κ2) is 11.6. The first kappa shape index (κ1) is 27.4. The molecule has 8 nitrogen and oxygen atoms in total. The van der Waals surface area contributed by atoms with Crippen LogP contribution < -0.4 is 19.8 Å². The van der Waals surface area contributed by atoms with Crippen LogP contribution >= 0.6 is 23.2 Å². The van der Waals surface area contributed by atoms with Gasteiger partial charge in [-0.05, 0) is 54.1 Å². The number of hydrogen-bond acceptors (Lipinski definition) is 7. The number of aromatic nitrogens is 2. The van der Waals surface area contributed by atoms with Gasteiger partial charge in [0.15, 0.2) is 17.3 Å². The monoisotopic (exact) mass is 599 g/mol. The molecule has 0 aliphatic carbocycles. The van der Waals surface area contributed by atoms with Crippen LogP contribution in [0.25, 0.3) is 33.5 Å². The number of furan rings is 1. The van der Waals surface area contributed by atoms with Gasteiger partial charge in [0.2, 0.25) is 5.82 Å². The van der Waals surface area contributed by atoms with Crippen molar-refractivity contribution in [3.8, 4) is 28.8 Å². The lowest BCUT2D eigenvalue weighted by Crippen LogP contribution is -2.20. The molecule has 0 N–H and O–H groups in total. The average Bonchev–Trinajstić information content (AvgIpc) is 3.45. The van der Waals surface area contributed by atoms with Gasteiger partial charge in [0.25, 0.3) is 5.56 Å².